The molecule has 118 valence electrons. The molecule has 1 aliphatic heterocycles. The van der Waals surface area contributed by atoms with Crippen molar-refractivity contribution in [3.63, 3.8) is 0 Å². The zero-order chi connectivity index (χ0) is 15.7. The van der Waals surface area contributed by atoms with E-state index in [0.717, 1.165) is 16.5 Å². The summed E-state index contributed by atoms with van der Waals surface area (Å²) in [7, 11) is -1.92. The Labute approximate surface area is 129 Å². The molecule has 7 heteroatoms. The van der Waals surface area contributed by atoms with Gasteiger partial charge >= 0.3 is 0 Å². The van der Waals surface area contributed by atoms with Crippen molar-refractivity contribution in [1.29, 1.82) is 0 Å². The van der Waals surface area contributed by atoms with Gasteiger partial charge in [0.05, 0.1) is 17.9 Å². The summed E-state index contributed by atoms with van der Waals surface area (Å²) in [5.74, 6) is -0.0691. The first kappa shape index (κ1) is 15.1. The Kier molecular flexibility index (Phi) is 3.92. The van der Waals surface area contributed by atoms with E-state index in [2.05, 4.69) is 4.72 Å². The lowest BCUT2D eigenvalue weighted by Crippen LogP contribution is -2.36. The topological polar surface area (TPSA) is 79.6 Å². The van der Waals surface area contributed by atoms with E-state index in [-0.39, 0.29) is 18.9 Å². The number of fused-ring (bicyclic) bond motifs is 1. The van der Waals surface area contributed by atoms with E-state index < -0.39 is 15.3 Å². The van der Waals surface area contributed by atoms with E-state index >= 15 is 0 Å². The number of nitrogens with zero attached hydrogens (tertiary/aromatic N) is 1. The number of furan rings is 1. The lowest BCUT2D eigenvalue weighted by atomic mass is 10.1. The van der Waals surface area contributed by atoms with Gasteiger partial charge in [-0.3, -0.25) is 4.79 Å². The number of amides is 1. The third-order valence-corrected chi connectivity index (χ3v) is 5.96. The Morgan fingerprint density at radius 3 is 2.95 bits per heavy atom. The monoisotopic (exact) mass is 322 g/mol. The highest BCUT2D eigenvalue weighted by Crippen LogP contribution is 2.23. The zero-order valence-electron chi connectivity index (χ0n) is 12.3. The number of nitrogens with one attached hydrogen (secondary N) is 1. The van der Waals surface area contributed by atoms with Gasteiger partial charge in [0.25, 0.3) is 0 Å². The summed E-state index contributed by atoms with van der Waals surface area (Å²) in [5.41, 5.74) is 1.59. The first-order valence-corrected chi connectivity index (χ1v) is 8.71. The average molecular weight is 322 g/mol. The molecule has 1 unspecified atom stereocenters. The average Bonchev–Trinajstić information content (AvgIpc) is 3.15. The second kappa shape index (κ2) is 5.73. The summed E-state index contributed by atoms with van der Waals surface area (Å²) in [6, 6.07) is 7.55. The molecule has 3 rings (SSSR count). The van der Waals surface area contributed by atoms with Crippen LogP contribution in [0.4, 0.5) is 0 Å². The van der Waals surface area contributed by atoms with Crippen LogP contribution >= 0.6 is 0 Å². The molecule has 6 nitrogen and oxygen atoms in total. The smallest absolute Gasteiger partial charge is 0.227 e. The van der Waals surface area contributed by atoms with Gasteiger partial charge in [0.1, 0.15) is 5.58 Å². The van der Waals surface area contributed by atoms with Gasteiger partial charge < -0.3 is 9.32 Å². The van der Waals surface area contributed by atoms with Crippen molar-refractivity contribution in [3.8, 4) is 0 Å². The van der Waals surface area contributed by atoms with E-state index in [1.807, 2.05) is 24.3 Å². The Morgan fingerprint density at radius 2 is 2.18 bits per heavy atom. The summed E-state index contributed by atoms with van der Waals surface area (Å²) in [6.07, 6.45) is 2.30. The summed E-state index contributed by atoms with van der Waals surface area (Å²) in [5, 5.41) is 0.400. The van der Waals surface area contributed by atoms with Crippen LogP contribution < -0.4 is 4.72 Å². The van der Waals surface area contributed by atoms with Gasteiger partial charge in [-0.2, -0.15) is 0 Å². The fourth-order valence-corrected chi connectivity index (χ4v) is 3.94. The molecule has 1 aromatic heterocycles. The third-order valence-electron chi connectivity index (χ3n) is 4.12. The zero-order valence-corrected chi connectivity index (χ0v) is 13.1. The van der Waals surface area contributed by atoms with Crippen LogP contribution in [0.5, 0.6) is 0 Å². The Hall–Kier alpha value is -1.86. The van der Waals surface area contributed by atoms with Crippen LogP contribution in [-0.2, 0) is 21.2 Å². The van der Waals surface area contributed by atoms with Crippen LogP contribution in [-0.4, -0.2) is 44.6 Å². The standard InChI is InChI=1S/C15H18N2O4S/c1-16-22(19,20)12-6-7-17(9-12)15(18)8-11-10-21-14-5-3-2-4-13(11)14/h2-5,10,12,16H,6-9H2,1H3. The maximum Gasteiger partial charge on any atom is 0.227 e. The molecule has 22 heavy (non-hydrogen) atoms. The number of carbonyl (C=O) groups is 1. The van der Waals surface area contributed by atoms with E-state index in [0.29, 0.717) is 13.0 Å². The predicted octanol–water partition coefficient (Wildman–Crippen LogP) is 1.13. The Balaban J connectivity index is 1.71. The molecule has 1 atom stereocenters. The fraction of sp³-hybridized carbons (Fsp3) is 0.400. The summed E-state index contributed by atoms with van der Waals surface area (Å²) >= 11 is 0. The predicted molar refractivity (Wildman–Crippen MR) is 82.9 cm³/mol. The molecule has 1 saturated heterocycles. The van der Waals surface area contributed by atoms with Gasteiger partial charge in [-0.25, -0.2) is 13.1 Å². The highest BCUT2D eigenvalue weighted by molar-refractivity contribution is 7.90. The van der Waals surface area contributed by atoms with Crippen LogP contribution in [0.15, 0.2) is 34.9 Å². The number of likely N-dealkylation sites (tertiary alicyclic amines) is 1. The molecule has 1 aromatic carbocycles. The molecule has 1 amide bonds. The van der Waals surface area contributed by atoms with Crippen molar-refractivity contribution in [2.24, 2.45) is 0 Å². The molecular formula is C15H18N2O4S. The number of hydrogen-bond acceptors (Lipinski definition) is 4. The quantitative estimate of drug-likeness (QED) is 0.915. The first-order chi connectivity index (χ1) is 10.5. The number of carbonyl (C=O) groups excluding carboxylic acids is 1. The second-order valence-corrected chi connectivity index (χ2v) is 7.60. The third kappa shape index (κ3) is 2.74. The van der Waals surface area contributed by atoms with Crippen LogP contribution in [0.25, 0.3) is 11.0 Å². The van der Waals surface area contributed by atoms with Crippen LogP contribution in [0.3, 0.4) is 0 Å². The molecule has 2 heterocycles. The van der Waals surface area contributed by atoms with Gasteiger partial charge in [0, 0.05) is 24.0 Å². The maximum atomic E-state index is 12.4. The van der Waals surface area contributed by atoms with Gasteiger partial charge in [0.2, 0.25) is 15.9 Å². The van der Waals surface area contributed by atoms with Crippen LogP contribution in [0.2, 0.25) is 0 Å². The Bertz CT molecular complexity index is 797. The van der Waals surface area contributed by atoms with E-state index in [1.54, 1.807) is 11.2 Å². The lowest BCUT2D eigenvalue weighted by Gasteiger charge is -2.16. The number of rotatable bonds is 4. The van der Waals surface area contributed by atoms with Gasteiger partial charge in [0.15, 0.2) is 0 Å². The largest absolute Gasteiger partial charge is 0.464 e. The molecule has 0 bridgehead atoms. The molecule has 2 aromatic rings. The highest BCUT2D eigenvalue weighted by atomic mass is 32.2. The van der Waals surface area contributed by atoms with E-state index in [1.165, 1.54) is 7.05 Å². The van der Waals surface area contributed by atoms with Crippen molar-refractivity contribution >= 4 is 26.9 Å². The molecule has 0 radical (unpaired) electrons. The van der Waals surface area contributed by atoms with E-state index in [4.69, 9.17) is 4.42 Å². The summed E-state index contributed by atoms with van der Waals surface area (Å²) < 4.78 is 31.4. The lowest BCUT2D eigenvalue weighted by molar-refractivity contribution is -0.129. The minimum atomic E-state index is -3.32. The van der Waals surface area contributed by atoms with E-state index in [9.17, 15) is 13.2 Å². The van der Waals surface area contributed by atoms with Crippen LogP contribution in [0, 0.1) is 0 Å². The second-order valence-electron chi connectivity index (χ2n) is 5.43. The molecule has 1 N–H and O–H groups in total. The number of sulfonamides is 1. The highest BCUT2D eigenvalue weighted by Gasteiger charge is 2.34. The normalized spacial score (nSPS) is 19.0. The van der Waals surface area contributed by atoms with Gasteiger partial charge in [-0.15, -0.1) is 0 Å². The number of hydrogen-bond donors (Lipinski definition) is 1. The van der Waals surface area contributed by atoms with Crippen molar-refractivity contribution < 1.29 is 17.6 Å². The molecule has 1 aliphatic rings. The van der Waals surface area contributed by atoms with Crippen molar-refractivity contribution in [1.82, 2.24) is 9.62 Å². The molecule has 1 fully saturated rings. The fourth-order valence-electron chi connectivity index (χ4n) is 2.82. The van der Waals surface area contributed by atoms with Crippen molar-refractivity contribution in [2.45, 2.75) is 18.1 Å². The number of para-hydroxylation sites is 1. The summed E-state index contributed by atoms with van der Waals surface area (Å²) in [4.78, 5) is 14.0. The minimum absolute atomic E-state index is 0.0691. The minimum Gasteiger partial charge on any atom is -0.464 e. The SMILES string of the molecule is CNS(=O)(=O)C1CCN(C(=O)Cc2coc3ccccc23)C1. The van der Waals surface area contributed by atoms with Gasteiger partial charge in [-0.05, 0) is 19.5 Å². The molecule has 0 spiro atoms. The van der Waals surface area contributed by atoms with Crippen LogP contribution in [0.1, 0.15) is 12.0 Å². The molecular weight excluding hydrogens is 304 g/mol. The maximum absolute atomic E-state index is 12.4. The molecule has 0 aliphatic carbocycles. The Morgan fingerprint density at radius 1 is 1.41 bits per heavy atom. The summed E-state index contributed by atoms with van der Waals surface area (Å²) in [6.45, 7) is 0.720. The first-order valence-electron chi connectivity index (χ1n) is 7.16. The van der Waals surface area contributed by atoms with Crippen molar-refractivity contribution in [2.75, 3.05) is 20.1 Å². The number of benzene rings is 1. The van der Waals surface area contributed by atoms with Gasteiger partial charge in [-0.1, -0.05) is 18.2 Å². The molecule has 0 saturated carbocycles. The van der Waals surface area contributed by atoms with Crippen molar-refractivity contribution in [3.05, 3.63) is 36.1 Å².